The van der Waals surface area contributed by atoms with Crippen LogP contribution in [0.1, 0.15) is 11.1 Å². The molecule has 0 atom stereocenters. The van der Waals surface area contributed by atoms with E-state index in [1.54, 1.807) is 25.2 Å². The number of hydrogen-bond acceptors (Lipinski definition) is 2. The summed E-state index contributed by atoms with van der Waals surface area (Å²) < 4.78 is 0.947. The zero-order valence-corrected chi connectivity index (χ0v) is 12.6. The molecule has 0 spiro atoms. The minimum absolute atomic E-state index is 0.0502. The highest BCUT2D eigenvalue weighted by Crippen LogP contribution is 2.19. The van der Waals surface area contributed by atoms with E-state index < -0.39 is 0 Å². The Morgan fingerprint density at radius 3 is 2.70 bits per heavy atom. The lowest BCUT2D eigenvalue weighted by atomic mass is 10.1. The van der Waals surface area contributed by atoms with Crippen molar-refractivity contribution in [2.75, 3.05) is 11.9 Å². The lowest BCUT2D eigenvalue weighted by molar-refractivity contribution is -0.117. The van der Waals surface area contributed by atoms with Crippen molar-refractivity contribution in [1.82, 2.24) is 0 Å². The number of rotatable bonds is 3. The summed E-state index contributed by atoms with van der Waals surface area (Å²) in [5, 5.41) is 9.08. The molecular weight excluding hydrogens is 316 g/mol. The molecule has 0 bridgehead atoms. The Labute approximate surface area is 126 Å². The lowest BCUT2D eigenvalue weighted by Gasteiger charge is -2.18. The Balaban J connectivity index is 2.19. The van der Waals surface area contributed by atoms with Crippen molar-refractivity contribution >= 4 is 27.5 Å². The standard InChI is InChI=1S/C16H13BrN2O/c1-19(15-8-3-2-6-13(15)11-18)16(20)10-12-5-4-7-14(17)9-12/h2-9H,10H2,1H3. The maximum atomic E-state index is 12.3. The number of likely N-dealkylation sites (N-methyl/N-ethyl adjacent to an activating group) is 1. The molecule has 4 heteroatoms. The number of anilines is 1. The molecule has 2 aromatic rings. The number of carbonyl (C=O) groups excluding carboxylic acids is 1. The van der Waals surface area contributed by atoms with Gasteiger partial charge in [0.15, 0.2) is 0 Å². The van der Waals surface area contributed by atoms with Crippen molar-refractivity contribution in [3.05, 3.63) is 64.1 Å². The molecule has 20 heavy (non-hydrogen) atoms. The van der Waals surface area contributed by atoms with E-state index in [1.165, 1.54) is 4.90 Å². The van der Waals surface area contributed by atoms with Gasteiger partial charge in [-0.15, -0.1) is 0 Å². The monoisotopic (exact) mass is 328 g/mol. The first-order valence-electron chi connectivity index (χ1n) is 6.12. The van der Waals surface area contributed by atoms with Gasteiger partial charge in [-0.3, -0.25) is 4.79 Å². The SMILES string of the molecule is CN(C(=O)Cc1cccc(Br)c1)c1ccccc1C#N. The van der Waals surface area contributed by atoms with Gasteiger partial charge in [-0.1, -0.05) is 40.2 Å². The summed E-state index contributed by atoms with van der Waals surface area (Å²) in [5.41, 5.74) is 2.07. The number of nitrogens with zero attached hydrogens (tertiary/aromatic N) is 2. The van der Waals surface area contributed by atoms with Crippen LogP contribution in [-0.4, -0.2) is 13.0 Å². The highest BCUT2D eigenvalue weighted by atomic mass is 79.9. The maximum absolute atomic E-state index is 12.3. The Kier molecular flexibility index (Phi) is 4.54. The average Bonchev–Trinajstić information content (AvgIpc) is 2.46. The van der Waals surface area contributed by atoms with E-state index in [9.17, 15) is 4.79 Å². The second-order valence-electron chi connectivity index (χ2n) is 4.39. The second kappa shape index (κ2) is 6.36. The molecule has 1 amide bonds. The quantitative estimate of drug-likeness (QED) is 0.865. The highest BCUT2D eigenvalue weighted by Gasteiger charge is 2.14. The van der Waals surface area contributed by atoms with Gasteiger partial charge in [-0.25, -0.2) is 0 Å². The fourth-order valence-corrected chi connectivity index (χ4v) is 2.38. The Hall–Kier alpha value is -2.12. The van der Waals surface area contributed by atoms with Crippen LogP contribution in [0.5, 0.6) is 0 Å². The van der Waals surface area contributed by atoms with E-state index in [0.717, 1.165) is 10.0 Å². The average molecular weight is 329 g/mol. The topological polar surface area (TPSA) is 44.1 Å². The van der Waals surface area contributed by atoms with Crippen molar-refractivity contribution in [3.8, 4) is 6.07 Å². The Bertz CT molecular complexity index is 676. The van der Waals surface area contributed by atoms with Gasteiger partial charge in [0.05, 0.1) is 17.7 Å². The highest BCUT2D eigenvalue weighted by molar-refractivity contribution is 9.10. The summed E-state index contributed by atoms with van der Waals surface area (Å²) in [6.45, 7) is 0. The molecular formula is C16H13BrN2O. The number of benzene rings is 2. The smallest absolute Gasteiger partial charge is 0.231 e. The first-order chi connectivity index (χ1) is 9.61. The summed E-state index contributed by atoms with van der Waals surface area (Å²) in [4.78, 5) is 13.8. The number of para-hydroxylation sites is 1. The normalized spacial score (nSPS) is 9.85. The molecule has 0 aliphatic carbocycles. The molecule has 0 aliphatic heterocycles. The van der Waals surface area contributed by atoms with Gasteiger partial charge in [0.1, 0.15) is 6.07 Å². The van der Waals surface area contributed by atoms with E-state index in [2.05, 4.69) is 22.0 Å². The molecule has 0 N–H and O–H groups in total. The van der Waals surface area contributed by atoms with Gasteiger partial charge in [-0.05, 0) is 29.8 Å². The first-order valence-corrected chi connectivity index (χ1v) is 6.91. The van der Waals surface area contributed by atoms with Gasteiger partial charge in [-0.2, -0.15) is 5.26 Å². The molecule has 0 unspecified atom stereocenters. The Morgan fingerprint density at radius 1 is 1.25 bits per heavy atom. The summed E-state index contributed by atoms with van der Waals surface area (Å²) in [5.74, 6) is -0.0502. The molecule has 2 aromatic carbocycles. The zero-order chi connectivity index (χ0) is 14.5. The van der Waals surface area contributed by atoms with Gasteiger partial charge in [0, 0.05) is 11.5 Å². The molecule has 0 fully saturated rings. The van der Waals surface area contributed by atoms with Crippen molar-refractivity contribution in [1.29, 1.82) is 5.26 Å². The lowest BCUT2D eigenvalue weighted by Crippen LogP contribution is -2.28. The third-order valence-corrected chi connectivity index (χ3v) is 3.50. The van der Waals surface area contributed by atoms with Gasteiger partial charge in [0.25, 0.3) is 0 Å². The summed E-state index contributed by atoms with van der Waals surface area (Å²) in [6, 6.07) is 16.8. The van der Waals surface area contributed by atoms with Crippen LogP contribution in [0.2, 0.25) is 0 Å². The van der Waals surface area contributed by atoms with E-state index >= 15 is 0 Å². The van der Waals surface area contributed by atoms with Crippen molar-refractivity contribution in [3.63, 3.8) is 0 Å². The summed E-state index contributed by atoms with van der Waals surface area (Å²) in [6.07, 6.45) is 0.301. The first kappa shape index (κ1) is 14.3. The fourth-order valence-electron chi connectivity index (χ4n) is 1.94. The summed E-state index contributed by atoms with van der Waals surface area (Å²) in [7, 11) is 1.69. The fraction of sp³-hybridized carbons (Fsp3) is 0.125. The molecule has 0 aliphatic rings. The molecule has 0 radical (unpaired) electrons. The number of halogens is 1. The minimum atomic E-state index is -0.0502. The van der Waals surface area contributed by atoms with Crippen LogP contribution in [0.3, 0.4) is 0 Å². The summed E-state index contributed by atoms with van der Waals surface area (Å²) >= 11 is 3.39. The zero-order valence-electron chi connectivity index (χ0n) is 11.0. The van der Waals surface area contributed by atoms with E-state index in [1.807, 2.05) is 30.3 Å². The molecule has 0 aromatic heterocycles. The molecule has 0 saturated heterocycles. The van der Waals surface area contributed by atoms with Crippen molar-refractivity contribution in [2.45, 2.75) is 6.42 Å². The van der Waals surface area contributed by atoms with E-state index in [-0.39, 0.29) is 5.91 Å². The van der Waals surface area contributed by atoms with Crippen LogP contribution < -0.4 is 4.90 Å². The number of nitriles is 1. The van der Waals surface area contributed by atoms with Gasteiger partial charge >= 0.3 is 0 Å². The predicted octanol–water partition coefficient (Wildman–Crippen LogP) is 3.53. The second-order valence-corrected chi connectivity index (χ2v) is 5.30. The largest absolute Gasteiger partial charge is 0.314 e. The number of carbonyl (C=O) groups is 1. The minimum Gasteiger partial charge on any atom is -0.314 e. The van der Waals surface area contributed by atoms with Crippen LogP contribution in [0, 0.1) is 11.3 Å². The number of hydrogen-bond donors (Lipinski definition) is 0. The van der Waals surface area contributed by atoms with Crippen LogP contribution in [0.15, 0.2) is 53.0 Å². The molecule has 2 rings (SSSR count). The van der Waals surface area contributed by atoms with Gasteiger partial charge < -0.3 is 4.90 Å². The third-order valence-electron chi connectivity index (χ3n) is 3.00. The predicted molar refractivity (Wildman–Crippen MR) is 82.4 cm³/mol. The van der Waals surface area contributed by atoms with E-state index in [4.69, 9.17) is 5.26 Å². The van der Waals surface area contributed by atoms with Crippen LogP contribution >= 0.6 is 15.9 Å². The van der Waals surface area contributed by atoms with Gasteiger partial charge in [0.2, 0.25) is 5.91 Å². The van der Waals surface area contributed by atoms with Crippen LogP contribution in [0.25, 0.3) is 0 Å². The Morgan fingerprint density at radius 2 is 2.00 bits per heavy atom. The van der Waals surface area contributed by atoms with Crippen LogP contribution in [-0.2, 0) is 11.2 Å². The van der Waals surface area contributed by atoms with Crippen molar-refractivity contribution in [2.24, 2.45) is 0 Å². The van der Waals surface area contributed by atoms with E-state index in [0.29, 0.717) is 17.7 Å². The third kappa shape index (κ3) is 3.25. The van der Waals surface area contributed by atoms with Crippen molar-refractivity contribution < 1.29 is 4.79 Å². The molecule has 0 heterocycles. The molecule has 0 saturated carbocycles. The maximum Gasteiger partial charge on any atom is 0.231 e. The van der Waals surface area contributed by atoms with Crippen LogP contribution in [0.4, 0.5) is 5.69 Å². The number of amides is 1. The molecule has 3 nitrogen and oxygen atoms in total. The molecule has 100 valence electrons.